The molecule has 0 aliphatic heterocycles. The highest BCUT2D eigenvalue weighted by Crippen LogP contribution is 2.37. The van der Waals surface area contributed by atoms with Crippen molar-refractivity contribution in [2.75, 3.05) is 26.1 Å². The highest BCUT2D eigenvalue weighted by molar-refractivity contribution is 6.66. The van der Waals surface area contributed by atoms with Crippen LogP contribution >= 0.6 is 34.8 Å². The van der Waals surface area contributed by atoms with Gasteiger partial charge >= 0.3 is 0 Å². The van der Waals surface area contributed by atoms with Crippen molar-refractivity contribution in [2.24, 2.45) is 5.73 Å². The molecule has 7 nitrogen and oxygen atoms in total. The summed E-state index contributed by atoms with van der Waals surface area (Å²) in [6.45, 7) is 4.15. The van der Waals surface area contributed by atoms with Crippen LogP contribution in [-0.2, 0) is 3.79 Å². The van der Waals surface area contributed by atoms with Crippen LogP contribution in [0, 0.1) is 0 Å². The van der Waals surface area contributed by atoms with Gasteiger partial charge in [0.2, 0.25) is 9.74 Å². The number of nitrogens with zero attached hydrogens (tertiary/aromatic N) is 3. The van der Waals surface area contributed by atoms with Crippen LogP contribution in [0.1, 0.15) is 19.7 Å². The predicted molar refractivity (Wildman–Crippen MR) is 104 cm³/mol. The molecule has 1 aromatic carbocycles. The standard InChI is InChI=1S/C16H20Cl3N5O2/c1-15(2,20)8-21-14-23-12(22-13(24-14)16(17,18)19)9-5-6-10(25-3)11(7-9)26-4/h5-7H,8,20H2,1-4H3,(H,21,22,23,24). The molecule has 3 N–H and O–H groups in total. The summed E-state index contributed by atoms with van der Waals surface area (Å²) >= 11 is 17.9. The molecule has 0 spiro atoms. The largest absolute Gasteiger partial charge is 0.493 e. The van der Waals surface area contributed by atoms with Crippen LogP contribution in [0.25, 0.3) is 11.4 Å². The first-order chi connectivity index (χ1) is 12.0. The minimum atomic E-state index is -1.80. The van der Waals surface area contributed by atoms with Gasteiger partial charge in [0.25, 0.3) is 0 Å². The summed E-state index contributed by atoms with van der Waals surface area (Å²) in [5.74, 6) is 1.68. The van der Waals surface area contributed by atoms with Crippen LogP contribution in [0.4, 0.5) is 5.95 Å². The van der Waals surface area contributed by atoms with E-state index in [1.165, 1.54) is 7.11 Å². The lowest BCUT2D eigenvalue weighted by Crippen LogP contribution is -2.40. The van der Waals surface area contributed by atoms with Crippen molar-refractivity contribution in [3.63, 3.8) is 0 Å². The van der Waals surface area contributed by atoms with E-state index in [-0.39, 0.29) is 11.8 Å². The molecule has 2 aromatic rings. The maximum atomic E-state index is 5.98. The number of halogens is 3. The first-order valence-electron chi connectivity index (χ1n) is 7.62. The molecule has 0 amide bonds. The highest BCUT2D eigenvalue weighted by atomic mass is 35.6. The second-order valence-corrected chi connectivity index (χ2v) is 8.50. The van der Waals surface area contributed by atoms with E-state index in [4.69, 9.17) is 50.0 Å². The number of ether oxygens (including phenoxy) is 2. The number of hydrogen-bond acceptors (Lipinski definition) is 7. The Hall–Kier alpha value is -1.54. The Morgan fingerprint density at radius 3 is 2.23 bits per heavy atom. The van der Waals surface area contributed by atoms with Crippen molar-refractivity contribution in [3.8, 4) is 22.9 Å². The number of hydrogen-bond donors (Lipinski definition) is 2. The topological polar surface area (TPSA) is 95.2 Å². The first kappa shape index (κ1) is 20.8. The fraction of sp³-hybridized carbons (Fsp3) is 0.438. The van der Waals surface area contributed by atoms with Crippen molar-refractivity contribution in [3.05, 3.63) is 24.0 Å². The van der Waals surface area contributed by atoms with Gasteiger partial charge in [0.1, 0.15) is 0 Å². The summed E-state index contributed by atoms with van der Waals surface area (Å²) in [4.78, 5) is 12.8. The summed E-state index contributed by atoms with van der Waals surface area (Å²) in [5.41, 5.74) is 6.16. The van der Waals surface area contributed by atoms with Gasteiger partial charge < -0.3 is 20.5 Å². The number of alkyl halides is 3. The van der Waals surface area contributed by atoms with Crippen molar-refractivity contribution < 1.29 is 9.47 Å². The van der Waals surface area contributed by atoms with Crippen LogP contribution < -0.4 is 20.5 Å². The minimum absolute atomic E-state index is 0.000359. The van der Waals surface area contributed by atoms with E-state index >= 15 is 0 Å². The SMILES string of the molecule is COc1ccc(-c2nc(NCC(C)(C)N)nc(C(Cl)(Cl)Cl)n2)cc1OC. The molecular formula is C16H20Cl3N5O2. The Morgan fingerprint density at radius 1 is 1.04 bits per heavy atom. The molecule has 142 valence electrons. The molecular weight excluding hydrogens is 401 g/mol. The van der Waals surface area contributed by atoms with E-state index in [1.807, 2.05) is 13.8 Å². The summed E-state index contributed by atoms with van der Waals surface area (Å²) in [6.07, 6.45) is 0. The average Bonchev–Trinajstić information content (AvgIpc) is 2.57. The van der Waals surface area contributed by atoms with E-state index < -0.39 is 9.33 Å². The summed E-state index contributed by atoms with van der Waals surface area (Å²) in [6, 6.07) is 5.24. The Balaban J connectivity index is 2.50. The number of nitrogens with two attached hydrogens (primary N) is 1. The van der Waals surface area contributed by atoms with Crippen molar-refractivity contribution in [1.82, 2.24) is 15.0 Å². The molecule has 10 heteroatoms. The number of benzene rings is 1. The van der Waals surface area contributed by atoms with E-state index in [9.17, 15) is 0 Å². The lowest BCUT2D eigenvalue weighted by molar-refractivity contribution is 0.355. The van der Waals surface area contributed by atoms with Crippen LogP contribution in [0.2, 0.25) is 0 Å². The second-order valence-electron chi connectivity index (χ2n) is 6.22. The molecule has 0 unspecified atom stereocenters. The summed E-state index contributed by atoms with van der Waals surface area (Å²) in [7, 11) is 3.09. The van der Waals surface area contributed by atoms with Crippen molar-refractivity contribution in [2.45, 2.75) is 23.2 Å². The summed E-state index contributed by atoms with van der Waals surface area (Å²) in [5, 5.41) is 3.04. The smallest absolute Gasteiger partial charge is 0.250 e. The van der Waals surface area contributed by atoms with Crippen LogP contribution in [0.15, 0.2) is 18.2 Å². The van der Waals surface area contributed by atoms with Crippen LogP contribution in [-0.4, -0.2) is 41.3 Å². The monoisotopic (exact) mass is 419 g/mol. The zero-order chi connectivity index (χ0) is 19.5. The van der Waals surface area contributed by atoms with E-state index in [1.54, 1.807) is 25.3 Å². The Bertz CT molecular complexity index is 775. The van der Waals surface area contributed by atoms with Gasteiger partial charge in [-0.05, 0) is 32.0 Å². The van der Waals surface area contributed by atoms with Gasteiger partial charge in [-0.1, -0.05) is 34.8 Å². The van der Waals surface area contributed by atoms with Gasteiger partial charge in [0.05, 0.1) is 14.2 Å². The highest BCUT2D eigenvalue weighted by Gasteiger charge is 2.29. The van der Waals surface area contributed by atoms with Crippen LogP contribution in [0.5, 0.6) is 11.5 Å². The van der Waals surface area contributed by atoms with Gasteiger partial charge in [0, 0.05) is 17.6 Å². The molecule has 0 aliphatic rings. The molecule has 0 atom stereocenters. The van der Waals surface area contributed by atoms with Gasteiger partial charge in [0.15, 0.2) is 23.1 Å². The summed E-state index contributed by atoms with van der Waals surface area (Å²) < 4.78 is 8.75. The fourth-order valence-corrected chi connectivity index (χ4v) is 2.25. The lowest BCUT2D eigenvalue weighted by Gasteiger charge is -2.20. The number of nitrogens with one attached hydrogen (secondary N) is 1. The maximum absolute atomic E-state index is 5.98. The Morgan fingerprint density at radius 2 is 1.69 bits per heavy atom. The minimum Gasteiger partial charge on any atom is -0.493 e. The molecule has 2 rings (SSSR count). The van der Waals surface area contributed by atoms with E-state index in [0.717, 1.165) is 0 Å². The van der Waals surface area contributed by atoms with E-state index in [0.29, 0.717) is 29.4 Å². The molecule has 0 saturated carbocycles. The molecule has 0 radical (unpaired) electrons. The van der Waals surface area contributed by atoms with Gasteiger partial charge in [-0.3, -0.25) is 0 Å². The number of aromatic nitrogens is 3. The third-order valence-electron chi connectivity index (χ3n) is 3.23. The quantitative estimate of drug-likeness (QED) is 0.690. The fourth-order valence-electron chi connectivity index (χ4n) is 1.99. The van der Waals surface area contributed by atoms with Crippen LogP contribution in [0.3, 0.4) is 0 Å². The molecule has 0 fully saturated rings. The normalized spacial score (nSPS) is 12.0. The predicted octanol–water partition coefficient (Wildman–Crippen LogP) is 3.53. The van der Waals surface area contributed by atoms with Crippen molar-refractivity contribution >= 4 is 40.8 Å². The third-order valence-corrected chi connectivity index (χ3v) is 3.74. The number of rotatable bonds is 6. The van der Waals surface area contributed by atoms with Gasteiger partial charge in [-0.25, -0.2) is 4.98 Å². The van der Waals surface area contributed by atoms with Crippen molar-refractivity contribution in [1.29, 1.82) is 0 Å². The molecule has 0 aliphatic carbocycles. The van der Waals surface area contributed by atoms with Gasteiger partial charge in [-0.2, -0.15) is 9.97 Å². The first-order valence-corrected chi connectivity index (χ1v) is 8.75. The lowest BCUT2D eigenvalue weighted by atomic mass is 10.1. The van der Waals surface area contributed by atoms with Gasteiger partial charge in [-0.15, -0.1) is 0 Å². The number of methoxy groups -OCH3 is 2. The van der Waals surface area contributed by atoms with E-state index in [2.05, 4.69) is 20.3 Å². The zero-order valence-corrected chi connectivity index (χ0v) is 17.1. The second kappa shape index (κ2) is 8.00. The number of anilines is 1. The Labute approximate surface area is 167 Å². The molecule has 26 heavy (non-hydrogen) atoms. The third kappa shape index (κ3) is 5.48. The molecule has 1 heterocycles. The molecule has 1 aromatic heterocycles. The average molecular weight is 421 g/mol. The molecule has 0 bridgehead atoms. The maximum Gasteiger partial charge on any atom is 0.250 e. The Kier molecular flexibility index (Phi) is 6.39. The molecule has 0 saturated heterocycles. The zero-order valence-electron chi connectivity index (χ0n) is 14.8.